The lowest BCUT2D eigenvalue weighted by atomic mass is 9.93. The first-order valence-corrected chi connectivity index (χ1v) is 4.68. The van der Waals surface area contributed by atoms with Gasteiger partial charge in [-0.15, -0.1) is 0 Å². The number of hydrogen-bond acceptors (Lipinski definition) is 2. The molecule has 1 saturated carbocycles. The molecule has 1 aliphatic carbocycles. The first-order chi connectivity index (χ1) is 6.58. The van der Waals surface area contributed by atoms with Gasteiger partial charge in [-0.1, -0.05) is 0 Å². The average molecular weight is 194 g/mol. The highest BCUT2D eigenvalue weighted by Crippen LogP contribution is 2.50. The summed E-state index contributed by atoms with van der Waals surface area (Å²) in [6, 6.07) is 3.09. The monoisotopic (exact) mass is 194 g/mol. The van der Waals surface area contributed by atoms with Gasteiger partial charge in [-0.25, -0.2) is 0 Å². The number of rotatable bonds is 3. The quantitative estimate of drug-likeness (QED) is 0.734. The smallest absolute Gasteiger partial charge is 0.321 e. The van der Waals surface area contributed by atoms with Gasteiger partial charge < -0.3 is 15.4 Å². The molecular weight excluding hydrogens is 180 g/mol. The van der Waals surface area contributed by atoms with Gasteiger partial charge in [-0.3, -0.25) is 4.79 Å². The van der Waals surface area contributed by atoms with E-state index in [1.54, 1.807) is 0 Å². The van der Waals surface area contributed by atoms with Crippen molar-refractivity contribution >= 4 is 5.97 Å². The summed E-state index contributed by atoms with van der Waals surface area (Å²) in [7, 11) is 1.92. The summed E-state index contributed by atoms with van der Waals surface area (Å²) in [5.74, 6) is -0.913. The maximum Gasteiger partial charge on any atom is 0.321 e. The summed E-state index contributed by atoms with van der Waals surface area (Å²) in [6.45, 7) is 0. The van der Waals surface area contributed by atoms with Crippen LogP contribution < -0.4 is 5.73 Å². The summed E-state index contributed by atoms with van der Waals surface area (Å²) in [6.07, 6.45) is 3.67. The van der Waals surface area contributed by atoms with Crippen molar-refractivity contribution in [2.75, 3.05) is 0 Å². The van der Waals surface area contributed by atoms with Crippen LogP contribution in [-0.4, -0.2) is 21.7 Å². The largest absolute Gasteiger partial charge is 0.480 e. The SMILES string of the molecule is Cn1cccc1C1(C(N)C(=O)O)CC1. The summed E-state index contributed by atoms with van der Waals surface area (Å²) in [5, 5.41) is 8.91. The van der Waals surface area contributed by atoms with Crippen molar-refractivity contribution < 1.29 is 9.90 Å². The van der Waals surface area contributed by atoms with Gasteiger partial charge in [0.05, 0.1) is 0 Å². The van der Waals surface area contributed by atoms with E-state index in [1.807, 2.05) is 29.9 Å². The van der Waals surface area contributed by atoms with Crippen LogP contribution in [0.1, 0.15) is 18.5 Å². The van der Waals surface area contributed by atoms with Crippen molar-refractivity contribution in [3.8, 4) is 0 Å². The number of carbonyl (C=O) groups is 1. The minimum Gasteiger partial charge on any atom is -0.480 e. The second-order valence-electron chi connectivity index (χ2n) is 3.98. The van der Waals surface area contributed by atoms with Gasteiger partial charge in [-0.2, -0.15) is 0 Å². The predicted molar refractivity (Wildman–Crippen MR) is 51.9 cm³/mol. The molecule has 1 aliphatic rings. The van der Waals surface area contributed by atoms with Crippen LogP contribution in [0.15, 0.2) is 18.3 Å². The van der Waals surface area contributed by atoms with E-state index >= 15 is 0 Å². The molecule has 1 atom stereocenters. The molecule has 0 radical (unpaired) electrons. The van der Waals surface area contributed by atoms with Crippen LogP contribution >= 0.6 is 0 Å². The molecule has 0 aromatic carbocycles. The molecule has 76 valence electrons. The Morgan fingerprint density at radius 3 is 2.71 bits per heavy atom. The van der Waals surface area contributed by atoms with E-state index in [4.69, 9.17) is 10.8 Å². The van der Waals surface area contributed by atoms with Crippen LogP contribution in [-0.2, 0) is 17.3 Å². The maximum atomic E-state index is 10.9. The number of carboxylic acid groups (broad SMARTS) is 1. The van der Waals surface area contributed by atoms with Gasteiger partial charge in [0, 0.05) is 24.4 Å². The average Bonchev–Trinajstić information content (AvgIpc) is 2.83. The zero-order valence-corrected chi connectivity index (χ0v) is 8.10. The Hall–Kier alpha value is -1.29. The van der Waals surface area contributed by atoms with Crippen LogP contribution in [0.2, 0.25) is 0 Å². The van der Waals surface area contributed by atoms with Crippen LogP contribution in [0.25, 0.3) is 0 Å². The van der Waals surface area contributed by atoms with Gasteiger partial charge in [0.1, 0.15) is 6.04 Å². The molecule has 3 N–H and O–H groups in total. The molecule has 4 nitrogen and oxygen atoms in total. The van der Waals surface area contributed by atoms with Crippen LogP contribution in [0.4, 0.5) is 0 Å². The lowest BCUT2D eigenvalue weighted by molar-refractivity contribution is -0.139. The lowest BCUT2D eigenvalue weighted by Gasteiger charge is -2.20. The summed E-state index contributed by atoms with van der Waals surface area (Å²) < 4.78 is 1.95. The Labute approximate surface area is 82.3 Å². The number of aryl methyl sites for hydroxylation is 1. The Balaban J connectivity index is 2.34. The Kier molecular flexibility index (Phi) is 1.89. The molecule has 1 unspecified atom stereocenters. The molecule has 4 heteroatoms. The van der Waals surface area contributed by atoms with Crippen LogP contribution in [0, 0.1) is 0 Å². The van der Waals surface area contributed by atoms with Gasteiger partial charge in [-0.05, 0) is 25.0 Å². The standard InChI is InChI=1S/C10H14N2O2/c1-12-6-2-3-7(12)10(4-5-10)8(11)9(13)14/h2-3,6,8H,4-5,11H2,1H3,(H,13,14). The molecule has 1 heterocycles. The fourth-order valence-corrected chi connectivity index (χ4v) is 2.08. The highest BCUT2D eigenvalue weighted by Gasteiger charge is 2.53. The minimum absolute atomic E-state index is 0.315. The van der Waals surface area contributed by atoms with E-state index < -0.39 is 12.0 Å². The van der Waals surface area contributed by atoms with Gasteiger partial charge in [0.25, 0.3) is 0 Å². The molecular formula is C10H14N2O2. The third-order valence-corrected chi connectivity index (χ3v) is 3.10. The highest BCUT2D eigenvalue weighted by molar-refractivity contribution is 5.76. The van der Waals surface area contributed by atoms with Crippen LogP contribution in [0.5, 0.6) is 0 Å². The number of nitrogens with zero attached hydrogens (tertiary/aromatic N) is 1. The minimum atomic E-state index is -0.913. The zero-order valence-electron chi connectivity index (χ0n) is 8.10. The number of carboxylic acids is 1. The first kappa shape index (κ1) is 9.27. The molecule has 0 aliphatic heterocycles. The van der Waals surface area contributed by atoms with E-state index in [9.17, 15) is 4.79 Å². The molecule has 14 heavy (non-hydrogen) atoms. The number of aromatic nitrogens is 1. The molecule has 0 saturated heterocycles. The fraction of sp³-hybridized carbons (Fsp3) is 0.500. The summed E-state index contributed by atoms with van der Waals surface area (Å²) in [4.78, 5) is 10.9. The van der Waals surface area contributed by atoms with E-state index in [1.165, 1.54) is 0 Å². The number of aliphatic carboxylic acids is 1. The lowest BCUT2D eigenvalue weighted by Crippen LogP contribution is -2.42. The van der Waals surface area contributed by atoms with Gasteiger partial charge in [0.15, 0.2) is 0 Å². The molecule has 1 aromatic rings. The topological polar surface area (TPSA) is 68.2 Å². The van der Waals surface area contributed by atoms with Gasteiger partial charge in [0.2, 0.25) is 0 Å². The Bertz CT molecular complexity index is 366. The normalized spacial score (nSPS) is 20.4. The third-order valence-electron chi connectivity index (χ3n) is 3.10. The second kappa shape index (κ2) is 2.85. The predicted octanol–water partition coefficient (Wildman–Crippen LogP) is 0.469. The molecule has 2 rings (SSSR count). The van der Waals surface area contributed by atoms with E-state index in [2.05, 4.69) is 0 Å². The van der Waals surface area contributed by atoms with Gasteiger partial charge >= 0.3 is 5.97 Å². The van der Waals surface area contributed by atoms with Crippen molar-refractivity contribution in [2.45, 2.75) is 24.3 Å². The zero-order chi connectivity index (χ0) is 10.3. The highest BCUT2D eigenvalue weighted by atomic mass is 16.4. The maximum absolute atomic E-state index is 10.9. The summed E-state index contributed by atoms with van der Waals surface area (Å²) >= 11 is 0. The van der Waals surface area contributed by atoms with E-state index in [0.717, 1.165) is 18.5 Å². The second-order valence-corrected chi connectivity index (χ2v) is 3.98. The summed E-state index contributed by atoms with van der Waals surface area (Å²) in [5.41, 5.74) is 6.42. The third kappa shape index (κ3) is 1.14. The number of hydrogen-bond donors (Lipinski definition) is 2. The molecule has 0 bridgehead atoms. The molecule has 0 spiro atoms. The number of nitrogens with two attached hydrogens (primary N) is 1. The van der Waals surface area contributed by atoms with Crippen molar-refractivity contribution in [1.82, 2.24) is 4.57 Å². The van der Waals surface area contributed by atoms with Crippen molar-refractivity contribution in [1.29, 1.82) is 0 Å². The van der Waals surface area contributed by atoms with E-state index in [0.29, 0.717) is 0 Å². The van der Waals surface area contributed by atoms with Crippen molar-refractivity contribution in [3.63, 3.8) is 0 Å². The van der Waals surface area contributed by atoms with Crippen molar-refractivity contribution in [3.05, 3.63) is 24.0 Å². The molecule has 0 amide bonds. The molecule has 1 aromatic heterocycles. The Morgan fingerprint density at radius 2 is 2.36 bits per heavy atom. The molecule has 1 fully saturated rings. The van der Waals surface area contributed by atoms with Crippen molar-refractivity contribution in [2.24, 2.45) is 12.8 Å². The Morgan fingerprint density at radius 1 is 1.71 bits per heavy atom. The van der Waals surface area contributed by atoms with E-state index in [-0.39, 0.29) is 5.41 Å². The van der Waals surface area contributed by atoms with Crippen LogP contribution in [0.3, 0.4) is 0 Å². The fourth-order valence-electron chi connectivity index (χ4n) is 2.08. The first-order valence-electron chi connectivity index (χ1n) is 4.68.